The Morgan fingerprint density at radius 1 is 1.24 bits per heavy atom. The fraction of sp³-hybridized carbons (Fsp3) is 0.292. The van der Waals surface area contributed by atoms with Gasteiger partial charge in [-0.25, -0.2) is 9.79 Å². The van der Waals surface area contributed by atoms with Crippen molar-refractivity contribution < 1.29 is 24.4 Å². The molecule has 3 rings (SSSR count). The van der Waals surface area contributed by atoms with Crippen LogP contribution in [0.3, 0.4) is 0 Å². The first-order valence-corrected chi connectivity index (χ1v) is 11.6. The molecular weight excluding hydrogens is 458 g/mol. The van der Waals surface area contributed by atoms with Crippen molar-refractivity contribution in [3.8, 4) is 5.69 Å². The maximum atomic E-state index is 12.5. The van der Waals surface area contributed by atoms with Crippen molar-refractivity contribution in [1.29, 1.82) is 0 Å². The number of benzene rings is 1. The third-order valence-corrected chi connectivity index (χ3v) is 6.16. The molecule has 0 fully saturated rings. The Morgan fingerprint density at radius 3 is 2.50 bits per heavy atom. The number of nitrogens with zero attached hydrogens (tertiary/aromatic N) is 3. The van der Waals surface area contributed by atoms with Crippen LogP contribution in [0.4, 0.5) is 5.69 Å². The smallest absolute Gasteiger partial charge is 0.344 e. The number of aliphatic imine (C=N–C) groups is 1. The summed E-state index contributed by atoms with van der Waals surface area (Å²) in [7, 11) is 0. The molecule has 0 saturated carbocycles. The van der Waals surface area contributed by atoms with Crippen LogP contribution in [0, 0.1) is 24.0 Å². The molecule has 0 aliphatic carbocycles. The number of hydrogen-bond acceptors (Lipinski definition) is 7. The highest BCUT2D eigenvalue weighted by Crippen LogP contribution is 2.40. The van der Waals surface area contributed by atoms with Gasteiger partial charge in [-0.1, -0.05) is 18.7 Å². The zero-order valence-corrected chi connectivity index (χ0v) is 20.1. The van der Waals surface area contributed by atoms with Gasteiger partial charge in [0.2, 0.25) is 5.91 Å². The quantitative estimate of drug-likeness (QED) is 0.326. The van der Waals surface area contributed by atoms with Crippen LogP contribution in [0.25, 0.3) is 11.8 Å². The summed E-state index contributed by atoms with van der Waals surface area (Å²) in [6.45, 7) is 7.40. The molecule has 10 heteroatoms. The molecule has 0 saturated heterocycles. The molecule has 2 aromatic rings. The van der Waals surface area contributed by atoms with Crippen LogP contribution >= 0.6 is 11.8 Å². The van der Waals surface area contributed by atoms with E-state index in [4.69, 9.17) is 4.74 Å². The molecule has 0 radical (unpaired) electrons. The molecule has 2 heterocycles. The predicted octanol–water partition coefficient (Wildman–Crippen LogP) is 5.19. The van der Waals surface area contributed by atoms with E-state index < -0.39 is 10.9 Å². The summed E-state index contributed by atoms with van der Waals surface area (Å²) in [5.74, 6) is -1.40. The topological polar surface area (TPSA) is 124 Å². The standard InChI is InChI=1S/C24H25N3O6S/c1-5-7-20(28)25-23-21(24(30)33-6-2)22(29)19(34-23)13-16-12-14(3)26(15(16)4)17-8-10-18(11-9-17)27(31)32/h8-13,29H,5-7H2,1-4H3/b19-13-,25-23?. The number of aryl methyl sites for hydroxylation is 1. The fourth-order valence-corrected chi connectivity index (χ4v) is 4.59. The van der Waals surface area contributed by atoms with E-state index in [1.54, 1.807) is 25.1 Å². The first-order chi connectivity index (χ1) is 16.2. The Balaban J connectivity index is 2.03. The molecule has 0 bridgehead atoms. The molecule has 0 unspecified atom stereocenters. The van der Waals surface area contributed by atoms with Gasteiger partial charge in [-0.05, 0) is 57.0 Å². The SMILES string of the molecule is CCCC(=O)N=C1S/C(=C\c2cc(C)n(-c3ccc([N+](=O)[O-])cc3)c2C)C(O)=C1C(=O)OCC. The molecule has 1 aliphatic heterocycles. The van der Waals surface area contributed by atoms with Gasteiger partial charge in [0.1, 0.15) is 16.4 Å². The molecule has 34 heavy (non-hydrogen) atoms. The van der Waals surface area contributed by atoms with Gasteiger partial charge >= 0.3 is 5.97 Å². The van der Waals surface area contributed by atoms with Gasteiger partial charge in [0.15, 0.2) is 0 Å². The number of esters is 1. The highest BCUT2D eigenvalue weighted by Gasteiger charge is 2.34. The Bertz CT molecular complexity index is 1240. The minimum atomic E-state index is -0.740. The number of aliphatic hydroxyl groups is 1. The lowest BCUT2D eigenvalue weighted by Crippen LogP contribution is -2.14. The monoisotopic (exact) mass is 483 g/mol. The summed E-state index contributed by atoms with van der Waals surface area (Å²) in [6, 6.07) is 8.11. The van der Waals surface area contributed by atoms with Crippen LogP contribution in [0.15, 0.2) is 51.6 Å². The van der Waals surface area contributed by atoms with Crippen LogP contribution in [0.5, 0.6) is 0 Å². The highest BCUT2D eigenvalue weighted by atomic mass is 32.2. The Kier molecular flexibility index (Phi) is 7.72. The average Bonchev–Trinajstić information content (AvgIpc) is 3.23. The molecular formula is C24H25N3O6S. The van der Waals surface area contributed by atoms with Gasteiger partial charge in [-0.3, -0.25) is 14.9 Å². The van der Waals surface area contributed by atoms with Gasteiger partial charge < -0.3 is 14.4 Å². The number of nitro groups is 1. The number of carbonyl (C=O) groups excluding carboxylic acids is 2. The van der Waals surface area contributed by atoms with Crippen molar-refractivity contribution in [2.75, 3.05) is 6.61 Å². The summed E-state index contributed by atoms with van der Waals surface area (Å²) in [4.78, 5) is 39.5. The molecule has 1 amide bonds. The average molecular weight is 484 g/mol. The summed E-state index contributed by atoms with van der Waals surface area (Å²) >= 11 is 1.04. The van der Waals surface area contributed by atoms with E-state index in [1.165, 1.54) is 12.1 Å². The van der Waals surface area contributed by atoms with Crippen molar-refractivity contribution in [2.45, 2.75) is 40.5 Å². The molecule has 1 aliphatic rings. The summed E-state index contributed by atoms with van der Waals surface area (Å²) in [6.07, 6.45) is 2.56. The largest absolute Gasteiger partial charge is 0.506 e. The maximum Gasteiger partial charge on any atom is 0.344 e. The maximum absolute atomic E-state index is 12.5. The van der Waals surface area contributed by atoms with Crippen LogP contribution in [-0.2, 0) is 14.3 Å². The molecule has 1 N–H and O–H groups in total. The van der Waals surface area contributed by atoms with Crippen molar-refractivity contribution in [1.82, 2.24) is 4.57 Å². The van der Waals surface area contributed by atoms with Gasteiger partial charge in [0.25, 0.3) is 5.69 Å². The van der Waals surface area contributed by atoms with E-state index in [-0.39, 0.29) is 41.0 Å². The third-order valence-electron chi connectivity index (χ3n) is 5.14. The van der Waals surface area contributed by atoms with Gasteiger partial charge in [-0.15, -0.1) is 0 Å². The molecule has 178 valence electrons. The predicted molar refractivity (Wildman–Crippen MR) is 131 cm³/mol. The molecule has 0 spiro atoms. The van der Waals surface area contributed by atoms with Gasteiger partial charge in [0.05, 0.1) is 16.4 Å². The first kappa shape index (κ1) is 25.0. The number of carbonyl (C=O) groups is 2. The normalized spacial score (nSPS) is 15.9. The number of rotatable bonds is 7. The fourth-order valence-electron chi connectivity index (χ4n) is 3.57. The minimum absolute atomic E-state index is 0.00176. The Hall–Kier alpha value is -3.66. The van der Waals surface area contributed by atoms with E-state index in [1.807, 2.05) is 31.4 Å². The summed E-state index contributed by atoms with van der Waals surface area (Å²) in [5, 5.41) is 21.9. The lowest BCUT2D eigenvalue weighted by molar-refractivity contribution is -0.384. The van der Waals surface area contributed by atoms with Crippen LogP contribution < -0.4 is 0 Å². The molecule has 1 aromatic heterocycles. The van der Waals surface area contributed by atoms with E-state index in [0.29, 0.717) is 11.3 Å². The van der Waals surface area contributed by atoms with Crippen molar-refractivity contribution in [2.24, 2.45) is 4.99 Å². The van der Waals surface area contributed by atoms with Crippen LogP contribution in [-0.4, -0.2) is 38.1 Å². The van der Waals surface area contributed by atoms with Crippen molar-refractivity contribution >= 4 is 40.4 Å². The summed E-state index contributed by atoms with van der Waals surface area (Å²) in [5.41, 5.74) is 3.12. The zero-order valence-electron chi connectivity index (χ0n) is 19.3. The Labute approximate surface area is 201 Å². The molecule has 1 aromatic carbocycles. The lowest BCUT2D eigenvalue weighted by atomic mass is 10.2. The number of aromatic nitrogens is 1. The number of hydrogen-bond donors (Lipinski definition) is 1. The third kappa shape index (κ3) is 5.12. The van der Waals surface area contributed by atoms with E-state index in [0.717, 1.165) is 34.4 Å². The van der Waals surface area contributed by atoms with E-state index in [9.17, 15) is 24.8 Å². The number of ether oxygens (including phenoxy) is 1. The van der Waals surface area contributed by atoms with E-state index >= 15 is 0 Å². The summed E-state index contributed by atoms with van der Waals surface area (Å²) < 4.78 is 6.99. The van der Waals surface area contributed by atoms with Crippen molar-refractivity contribution in [3.63, 3.8) is 0 Å². The van der Waals surface area contributed by atoms with Crippen LogP contribution in [0.2, 0.25) is 0 Å². The van der Waals surface area contributed by atoms with Gasteiger partial charge in [-0.2, -0.15) is 0 Å². The number of nitro benzene ring substituents is 1. The number of non-ortho nitro benzene ring substituents is 1. The zero-order chi connectivity index (χ0) is 25.0. The number of thioether (sulfide) groups is 1. The lowest BCUT2D eigenvalue weighted by Gasteiger charge is -2.09. The van der Waals surface area contributed by atoms with E-state index in [2.05, 4.69) is 4.99 Å². The minimum Gasteiger partial charge on any atom is -0.506 e. The second-order valence-electron chi connectivity index (χ2n) is 7.55. The van der Waals surface area contributed by atoms with Crippen LogP contribution in [0.1, 0.15) is 43.6 Å². The highest BCUT2D eigenvalue weighted by molar-refractivity contribution is 8.18. The second kappa shape index (κ2) is 10.5. The molecule has 0 atom stereocenters. The van der Waals surface area contributed by atoms with Crippen molar-refractivity contribution in [3.05, 3.63) is 73.6 Å². The number of aliphatic hydroxyl groups excluding tert-OH is 1. The molecule has 9 nitrogen and oxygen atoms in total. The Morgan fingerprint density at radius 2 is 1.91 bits per heavy atom. The first-order valence-electron chi connectivity index (χ1n) is 10.7. The van der Waals surface area contributed by atoms with Gasteiger partial charge in [0, 0.05) is 35.6 Å². The second-order valence-corrected chi connectivity index (χ2v) is 8.58. The number of amides is 1.